The lowest BCUT2D eigenvalue weighted by molar-refractivity contribution is 0.102. The first-order valence-electron chi connectivity index (χ1n) is 9.23. The summed E-state index contributed by atoms with van der Waals surface area (Å²) in [5, 5.41) is 6.15. The van der Waals surface area contributed by atoms with Crippen LogP contribution in [0, 0.1) is 0 Å². The van der Waals surface area contributed by atoms with E-state index in [1.54, 1.807) is 36.5 Å². The average Bonchev–Trinajstić information content (AvgIpc) is 3.20. The molecule has 6 nitrogen and oxygen atoms in total. The Hall–Kier alpha value is -3.54. The third kappa shape index (κ3) is 4.40. The van der Waals surface area contributed by atoms with E-state index in [0.29, 0.717) is 28.6 Å². The van der Waals surface area contributed by atoms with Gasteiger partial charge >= 0.3 is 0 Å². The molecule has 1 aliphatic heterocycles. The van der Waals surface area contributed by atoms with Crippen molar-refractivity contribution in [3.63, 3.8) is 0 Å². The van der Waals surface area contributed by atoms with Crippen molar-refractivity contribution in [2.75, 3.05) is 24.0 Å². The molecule has 0 atom stereocenters. The molecule has 0 aliphatic carbocycles. The molecule has 0 fully saturated rings. The summed E-state index contributed by atoms with van der Waals surface area (Å²) >= 11 is 0. The third-order valence-corrected chi connectivity index (χ3v) is 4.44. The first kappa shape index (κ1) is 17.9. The highest BCUT2D eigenvalue weighted by atomic mass is 16.7. The van der Waals surface area contributed by atoms with Crippen molar-refractivity contribution in [1.82, 2.24) is 4.98 Å². The van der Waals surface area contributed by atoms with Gasteiger partial charge in [0.1, 0.15) is 5.82 Å². The number of nitrogens with one attached hydrogen (secondary N) is 2. The van der Waals surface area contributed by atoms with Crippen LogP contribution in [-0.4, -0.2) is 24.2 Å². The summed E-state index contributed by atoms with van der Waals surface area (Å²) < 4.78 is 10.6. The van der Waals surface area contributed by atoms with E-state index in [-0.39, 0.29) is 12.7 Å². The number of anilines is 2. The zero-order valence-electron chi connectivity index (χ0n) is 15.4. The maximum Gasteiger partial charge on any atom is 0.255 e. The van der Waals surface area contributed by atoms with Gasteiger partial charge in [-0.25, -0.2) is 4.98 Å². The number of aromatic nitrogens is 1. The van der Waals surface area contributed by atoms with Gasteiger partial charge in [0, 0.05) is 30.1 Å². The Kier molecular flexibility index (Phi) is 5.38. The van der Waals surface area contributed by atoms with Gasteiger partial charge in [0.15, 0.2) is 11.5 Å². The summed E-state index contributed by atoms with van der Waals surface area (Å²) in [5.74, 6) is 1.80. The highest BCUT2D eigenvalue weighted by molar-refractivity contribution is 6.04. The first-order chi connectivity index (χ1) is 13.8. The molecule has 0 saturated carbocycles. The van der Waals surface area contributed by atoms with Crippen molar-refractivity contribution in [2.24, 2.45) is 0 Å². The van der Waals surface area contributed by atoms with Crippen LogP contribution in [0.3, 0.4) is 0 Å². The standard InChI is InChI=1S/C22H21N3O3/c26-22(25-18-8-9-19-20(14-18)28-15-27-19)17-10-12-24-21(13-17)23-11-4-7-16-5-2-1-3-6-16/h1-3,5-6,8-10,12-14H,4,7,11,15H2,(H,23,24)(H,25,26). The number of carbonyl (C=O) groups is 1. The minimum absolute atomic E-state index is 0.200. The summed E-state index contributed by atoms with van der Waals surface area (Å²) in [6.07, 6.45) is 3.62. The van der Waals surface area contributed by atoms with Gasteiger partial charge in [0.25, 0.3) is 5.91 Å². The summed E-state index contributed by atoms with van der Waals surface area (Å²) in [7, 11) is 0. The Morgan fingerprint density at radius 1 is 1.00 bits per heavy atom. The SMILES string of the molecule is O=C(Nc1ccc2c(c1)OCO2)c1ccnc(NCCCc2ccccc2)c1. The molecule has 28 heavy (non-hydrogen) atoms. The first-order valence-corrected chi connectivity index (χ1v) is 9.23. The highest BCUT2D eigenvalue weighted by Gasteiger charge is 2.15. The number of ether oxygens (including phenoxy) is 2. The molecule has 1 amide bonds. The Labute approximate surface area is 163 Å². The topological polar surface area (TPSA) is 72.5 Å². The van der Waals surface area contributed by atoms with Crippen molar-refractivity contribution in [2.45, 2.75) is 12.8 Å². The van der Waals surface area contributed by atoms with Crippen LogP contribution >= 0.6 is 0 Å². The van der Waals surface area contributed by atoms with Crippen LogP contribution in [0.25, 0.3) is 0 Å². The van der Waals surface area contributed by atoms with Gasteiger partial charge < -0.3 is 20.1 Å². The number of aryl methyl sites for hydroxylation is 1. The summed E-state index contributed by atoms with van der Waals surface area (Å²) in [4.78, 5) is 16.8. The molecule has 0 saturated heterocycles. The van der Waals surface area contributed by atoms with Gasteiger partial charge in [-0.2, -0.15) is 0 Å². The zero-order chi connectivity index (χ0) is 19.2. The van der Waals surface area contributed by atoms with Crippen molar-refractivity contribution in [3.05, 3.63) is 78.0 Å². The molecular weight excluding hydrogens is 354 g/mol. The zero-order valence-corrected chi connectivity index (χ0v) is 15.4. The number of hydrogen-bond acceptors (Lipinski definition) is 5. The van der Waals surface area contributed by atoms with E-state index < -0.39 is 0 Å². The van der Waals surface area contributed by atoms with Crippen LogP contribution in [0.2, 0.25) is 0 Å². The van der Waals surface area contributed by atoms with E-state index >= 15 is 0 Å². The second-order valence-electron chi connectivity index (χ2n) is 6.47. The molecule has 0 radical (unpaired) electrons. The van der Waals surface area contributed by atoms with Gasteiger partial charge in [-0.1, -0.05) is 30.3 Å². The van der Waals surface area contributed by atoms with Crippen LogP contribution in [0.1, 0.15) is 22.3 Å². The Balaban J connectivity index is 1.32. The molecule has 4 rings (SSSR count). The van der Waals surface area contributed by atoms with Crippen molar-refractivity contribution < 1.29 is 14.3 Å². The monoisotopic (exact) mass is 375 g/mol. The lowest BCUT2D eigenvalue weighted by atomic mass is 10.1. The number of rotatable bonds is 7. The number of pyridine rings is 1. The van der Waals surface area contributed by atoms with Gasteiger partial charge in [0.2, 0.25) is 6.79 Å². The second kappa shape index (κ2) is 8.43. The predicted octanol–water partition coefficient (Wildman–Crippen LogP) is 4.11. The van der Waals surface area contributed by atoms with Gasteiger partial charge in [0.05, 0.1) is 0 Å². The Morgan fingerprint density at radius 2 is 1.86 bits per heavy atom. The van der Waals surface area contributed by atoms with Crippen LogP contribution in [-0.2, 0) is 6.42 Å². The van der Waals surface area contributed by atoms with E-state index in [2.05, 4.69) is 27.8 Å². The van der Waals surface area contributed by atoms with E-state index in [1.165, 1.54) is 5.56 Å². The van der Waals surface area contributed by atoms with Crippen molar-refractivity contribution in [1.29, 1.82) is 0 Å². The molecule has 0 spiro atoms. The van der Waals surface area contributed by atoms with Crippen molar-refractivity contribution >= 4 is 17.4 Å². The fraction of sp³-hybridized carbons (Fsp3) is 0.182. The fourth-order valence-corrected chi connectivity index (χ4v) is 3.00. The largest absolute Gasteiger partial charge is 0.454 e. The molecule has 2 aromatic carbocycles. The van der Waals surface area contributed by atoms with Crippen LogP contribution in [0.5, 0.6) is 11.5 Å². The predicted molar refractivity (Wildman–Crippen MR) is 108 cm³/mol. The maximum atomic E-state index is 12.5. The molecule has 2 heterocycles. The molecular formula is C22H21N3O3. The molecule has 1 aliphatic rings. The molecule has 6 heteroatoms. The molecule has 0 bridgehead atoms. The molecule has 142 valence electrons. The van der Waals surface area contributed by atoms with Crippen molar-refractivity contribution in [3.8, 4) is 11.5 Å². The van der Waals surface area contributed by atoms with Crippen LogP contribution in [0.15, 0.2) is 66.9 Å². The number of hydrogen-bond donors (Lipinski definition) is 2. The lowest BCUT2D eigenvalue weighted by Gasteiger charge is -2.09. The highest BCUT2D eigenvalue weighted by Crippen LogP contribution is 2.34. The summed E-state index contributed by atoms with van der Waals surface area (Å²) in [5.41, 5.74) is 2.51. The van der Waals surface area contributed by atoms with E-state index in [4.69, 9.17) is 9.47 Å². The quantitative estimate of drug-likeness (QED) is 0.608. The molecule has 2 N–H and O–H groups in total. The Morgan fingerprint density at radius 3 is 2.75 bits per heavy atom. The van der Waals surface area contributed by atoms with Crippen LogP contribution in [0.4, 0.5) is 11.5 Å². The third-order valence-electron chi connectivity index (χ3n) is 4.44. The number of benzene rings is 2. The van der Waals surface area contributed by atoms with E-state index in [1.807, 2.05) is 18.2 Å². The summed E-state index contributed by atoms with van der Waals surface area (Å²) in [6, 6.07) is 19.1. The average molecular weight is 375 g/mol. The minimum atomic E-state index is -0.200. The number of fused-ring (bicyclic) bond motifs is 1. The van der Waals surface area contributed by atoms with E-state index in [0.717, 1.165) is 19.4 Å². The van der Waals surface area contributed by atoms with Gasteiger partial charge in [-0.05, 0) is 42.7 Å². The van der Waals surface area contributed by atoms with Gasteiger partial charge in [-0.15, -0.1) is 0 Å². The van der Waals surface area contributed by atoms with Gasteiger partial charge in [-0.3, -0.25) is 4.79 Å². The molecule has 3 aromatic rings. The normalized spacial score (nSPS) is 11.9. The number of carbonyl (C=O) groups excluding carboxylic acids is 1. The molecule has 0 unspecified atom stereocenters. The number of amides is 1. The minimum Gasteiger partial charge on any atom is -0.454 e. The number of nitrogens with zero attached hydrogens (tertiary/aromatic N) is 1. The fourth-order valence-electron chi connectivity index (χ4n) is 3.00. The molecule has 1 aromatic heterocycles. The maximum absolute atomic E-state index is 12.5. The summed E-state index contributed by atoms with van der Waals surface area (Å²) in [6.45, 7) is 0.992. The smallest absolute Gasteiger partial charge is 0.255 e. The Bertz CT molecular complexity index is 960. The second-order valence-corrected chi connectivity index (χ2v) is 6.47. The van der Waals surface area contributed by atoms with E-state index in [9.17, 15) is 4.79 Å². The lowest BCUT2D eigenvalue weighted by Crippen LogP contribution is -2.13. The van der Waals surface area contributed by atoms with Crippen LogP contribution < -0.4 is 20.1 Å².